The summed E-state index contributed by atoms with van der Waals surface area (Å²) in [7, 11) is 0. The molecule has 19 N–H and O–H groups in total. The van der Waals surface area contributed by atoms with Crippen molar-refractivity contribution >= 4 is 0 Å². The summed E-state index contributed by atoms with van der Waals surface area (Å²) in [6.07, 6.45) is -19.8. The van der Waals surface area contributed by atoms with Crippen LogP contribution in [0.4, 0.5) is 0 Å². The van der Waals surface area contributed by atoms with Crippen LogP contribution in [0.25, 0.3) is 0 Å². The fraction of sp³-hybridized carbons (Fsp3) is 1.00. The number of aliphatic hydroxyl groups excluding tert-OH is 7. The molecule has 3 aliphatic heterocycles. The zero-order chi connectivity index (χ0) is 31.0. The first-order chi connectivity index (χ1) is 19.8. The molecular weight excluding hydrogens is 568 g/mol. The van der Waals surface area contributed by atoms with Crippen LogP contribution in [0.2, 0.25) is 0 Å². The third kappa shape index (κ3) is 6.60. The van der Waals surface area contributed by atoms with E-state index >= 15 is 0 Å². The van der Waals surface area contributed by atoms with E-state index in [2.05, 4.69) is 0 Å². The van der Waals surface area contributed by atoms with E-state index in [0.29, 0.717) is 0 Å². The second-order valence-electron chi connectivity index (χ2n) is 11.2. The highest BCUT2D eigenvalue weighted by molar-refractivity contribution is 5.02. The highest BCUT2D eigenvalue weighted by Gasteiger charge is 2.54. The van der Waals surface area contributed by atoms with Gasteiger partial charge in [-0.3, -0.25) is 0 Å². The van der Waals surface area contributed by atoms with Crippen molar-refractivity contribution in [2.75, 3.05) is 19.7 Å². The van der Waals surface area contributed by atoms with Crippen LogP contribution in [0.1, 0.15) is 6.42 Å². The van der Waals surface area contributed by atoms with Gasteiger partial charge in [0.05, 0.1) is 24.8 Å². The summed E-state index contributed by atoms with van der Waals surface area (Å²) in [5.74, 6) is 0. The Bertz CT molecular complexity index is 868. The van der Waals surface area contributed by atoms with Gasteiger partial charge in [0, 0.05) is 25.2 Å². The maximum absolute atomic E-state index is 11.1. The van der Waals surface area contributed by atoms with Gasteiger partial charge < -0.3 is 98.6 Å². The normalized spacial score (nSPS) is 53.8. The third-order valence-corrected chi connectivity index (χ3v) is 8.37. The number of aliphatic hydroxyl groups is 7. The van der Waals surface area contributed by atoms with E-state index in [9.17, 15) is 35.7 Å². The van der Waals surface area contributed by atoms with Crippen molar-refractivity contribution < 1.29 is 64.2 Å². The van der Waals surface area contributed by atoms with E-state index in [1.807, 2.05) is 0 Å². The van der Waals surface area contributed by atoms with Crippen LogP contribution < -0.4 is 34.4 Å². The first-order valence-electron chi connectivity index (χ1n) is 13.9. The lowest BCUT2D eigenvalue weighted by Crippen LogP contribution is -2.68. The number of rotatable bonds is 9. The molecule has 0 spiro atoms. The molecule has 19 nitrogen and oxygen atoms in total. The molecule has 0 amide bonds. The van der Waals surface area contributed by atoms with Gasteiger partial charge in [0.2, 0.25) is 0 Å². The van der Waals surface area contributed by atoms with Crippen LogP contribution in [0, 0.1) is 0 Å². The van der Waals surface area contributed by atoms with Crippen molar-refractivity contribution in [3.8, 4) is 0 Å². The number of ether oxygens (including phenoxy) is 6. The van der Waals surface area contributed by atoms with Gasteiger partial charge in [0.1, 0.15) is 67.1 Å². The SMILES string of the molecule is NC[C@@H]1O[C@@H](O[C@H]2[C@@H](O)[C@H](O[C@@H]3[C@@H](O)[C@H](N)C[C@H](N)[C@@H]3O[C@H]3O[C@H](CN)[C@H](O)[C@H](O)[C@H]3N)O[C@@H]2CO)[C@H](N)[C@@H](O)[C@@H]1O. The molecule has 4 fully saturated rings. The van der Waals surface area contributed by atoms with Gasteiger partial charge in [0.15, 0.2) is 18.9 Å². The lowest BCUT2D eigenvalue weighted by Gasteiger charge is -2.47. The van der Waals surface area contributed by atoms with Gasteiger partial charge in [-0.25, -0.2) is 0 Å². The van der Waals surface area contributed by atoms with Crippen molar-refractivity contribution in [2.24, 2.45) is 34.4 Å². The lowest BCUT2D eigenvalue weighted by molar-refractivity contribution is -0.306. The summed E-state index contributed by atoms with van der Waals surface area (Å²) in [5, 5.41) is 73.0. The Morgan fingerprint density at radius 1 is 0.524 bits per heavy atom. The van der Waals surface area contributed by atoms with Gasteiger partial charge in [-0.05, 0) is 6.42 Å². The Morgan fingerprint density at radius 3 is 1.45 bits per heavy atom. The van der Waals surface area contributed by atoms with E-state index in [1.54, 1.807) is 0 Å². The van der Waals surface area contributed by atoms with Crippen molar-refractivity contribution in [2.45, 2.75) is 123 Å². The molecule has 19 atom stereocenters. The van der Waals surface area contributed by atoms with Crippen LogP contribution in [0.15, 0.2) is 0 Å². The molecule has 0 aromatic rings. The molecule has 0 radical (unpaired) electrons. The van der Waals surface area contributed by atoms with Crippen molar-refractivity contribution in [1.29, 1.82) is 0 Å². The topological polar surface area (TPSA) is 353 Å². The molecule has 0 unspecified atom stereocenters. The van der Waals surface area contributed by atoms with Crippen LogP contribution in [-0.4, -0.2) is 172 Å². The van der Waals surface area contributed by atoms with Crippen molar-refractivity contribution in [3.05, 3.63) is 0 Å². The summed E-state index contributed by atoms with van der Waals surface area (Å²) >= 11 is 0. The maximum Gasteiger partial charge on any atom is 0.187 e. The van der Waals surface area contributed by atoms with Crippen LogP contribution in [0.5, 0.6) is 0 Å². The minimum Gasteiger partial charge on any atom is -0.394 e. The van der Waals surface area contributed by atoms with Crippen molar-refractivity contribution in [1.82, 2.24) is 0 Å². The van der Waals surface area contributed by atoms with E-state index in [4.69, 9.17) is 62.8 Å². The van der Waals surface area contributed by atoms with Gasteiger partial charge in [0.25, 0.3) is 0 Å². The van der Waals surface area contributed by atoms with E-state index in [1.165, 1.54) is 0 Å². The minimum absolute atomic E-state index is 0.0889. The summed E-state index contributed by atoms with van der Waals surface area (Å²) in [4.78, 5) is 0. The zero-order valence-corrected chi connectivity index (χ0v) is 22.8. The fourth-order valence-electron chi connectivity index (χ4n) is 5.74. The number of hydrogen-bond donors (Lipinski definition) is 13. The van der Waals surface area contributed by atoms with Gasteiger partial charge >= 0.3 is 0 Å². The van der Waals surface area contributed by atoms with Crippen LogP contribution >= 0.6 is 0 Å². The van der Waals surface area contributed by atoms with E-state index in [0.717, 1.165) is 0 Å². The second-order valence-corrected chi connectivity index (χ2v) is 11.2. The molecule has 42 heavy (non-hydrogen) atoms. The summed E-state index contributed by atoms with van der Waals surface area (Å²) in [6, 6.07) is -4.18. The highest BCUT2D eigenvalue weighted by atomic mass is 16.8. The Balaban J connectivity index is 1.50. The highest BCUT2D eigenvalue weighted by Crippen LogP contribution is 2.34. The Kier molecular flexibility index (Phi) is 11.5. The monoisotopic (exact) mass is 614 g/mol. The number of nitrogens with two attached hydrogens (primary N) is 6. The summed E-state index contributed by atoms with van der Waals surface area (Å²) in [5.41, 5.74) is 35.6. The van der Waals surface area contributed by atoms with Gasteiger partial charge in [-0.1, -0.05) is 0 Å². The number of hydrogen-bond acceptors (Lipinski definition) is 19. The third-order valence-electron chi connectivity index (χ3n) is 8.37. The van der Waals surface area contributed by atoms with Crippen molar-refractivity contribution in [3.63, 3.8) is 0 Å². The Morgan fingerprint density at radius 2 is 0.976 bits per heavy atom. The first kappa shape index (κ1) is 34.1. The predicted molar refractivity (Wildman–Crippen MR) is 138 cm³/mol. The van der Waals surface area contributed by atoms with E-state index < -0.39 is 123 Å². The largest absolute Gasteiger partial charge is 0.394 e. The van der Waals surface area contributed by atoms with Gasteiger partial charge in [-0.2, -0.15) is 0 Å². The quantitative estimate of drug-likeness (QED) is 0.115. The Hall–Kier alpha value is -0.760. The molecule has 3 saturated heterocycles. The maximum atomic E-state index is 11.1. The molecule has 246 valence electrons. The van der Waals surface area contributed by atoms with Crippen LogP contribution in [-0.2, 0) is 28.4 Å². The molecule has 0 bridgehead atoms. The average molecular weight is 615 g/mol. The van der Waals surface area contributed by atoms with Crippen LogP contribution in [0.3, 0.4) is 0 Å². The fourth-order valence-corrected chi connectivity index (χ4v) is 5.74. The first-order valence-corrected chi connectivity index (χ1v) is 13.9. The smallest absolute Gasteiger partial charge is 0.187 e. The molecule has 3 heterocycles. The standard InChI is InChI=1S/C23H46N6O13/c24-2-7-13(32)15(34)10(28)21(37-7)40-18-6(27)1-5(26)12(31)20(18)42-23-17(36)19(9(4-30)39-23)41-22-11(29)16(35)14(33)8(3-25)38-22/h5-23,30-36H,1-4,24-29H2/t5-,6+,7-,8+,9-,10-,11-,12+,13+,14-,15-,16-,17-,18+,19-,20-,21-,22+,23+/m1/s1. The molecule has 0 aromatic heterocycles. The lowest BCUT2D eigenvalue weighted by atomic mass is 9.84. The molecule has 1 aliphatic carbocycles. The predicted octanol–water partition coefficient (Wildman–Crippen LogP) is -8.90. The summed E-state index contributed by atoms with van der Waals surface area (Å²) in [6.45, 7) is -0.967. The summed E-state index contributed by atoms with van der Waals surface area (Å²) < 4.78 is 34.6. The zero-order valence-electron chi connectivity index (χ0n) is 22.8. The van der Waals surface area contributed by atoms with E-state index in [-0.39, 0.29) is 19.5 Å². The molecule has 1 saturated carbocycles. The minimum atomic E-state index is -1.60. The molecule has 19 heteroatoms. The molecular formula is C23H46N6O13. The molecule has 4 rings (SSSR count). The second kappa shape index (κ2) is 14.1. The Labute approximate surface area is 241 Å². The molecule has 4 aliphatic rings. The average Bonchev–Trinajstić information content (AvgIpc) is 3.27. The van der Waals surface area contributed by atoms with Gasteiger partial charge in [-0.15, -0.1) is 0 Å². The molecule has 0 aromatic carbocycles.